The Bertz CT molecular complexity index is 533. The van der Waals surface area contributed by atoms with E-state index in [2.05, 4.69) is 9.73 Å². The zero-order valence-electron chi connectivity index (χ0n) is 9.53. The molecule has 0 aliphatic rings. The van der Waals surface area contributed by atoms with Gasteiger partial charge in [-0.3, -0.25) is 4.99 Å². The Labute approximate surface area is 108 Å². The summed E-state index contributed by atoms with van der Waals surface area (Å²) in [6.45, 7) is 0. The molecule has 5 nitrogen and oxygen atoms in total. The maximum atomic E-state index is 10.9. The van der Waals surface area contributed by atoms with Gasteiger partial charge in [0.05, 0.1) is 7.11 Å². The SMILES string of the molecule is COC(=O)/C=C/C(C#N)(C#N)N=Cc1cccs1. The second-order valence-corrected chi connectivity index (χ2v) is 4.10. The van der Waals surface area contributed by atoms with Gasteiger partial charge < -0.3 is 4.74 Å². The first kappa shape index (κ1) is 13.6. The molecule has 0 fully saturated rings. The van der Waals surface area contributed by atoms with Crippen molar-refractivity contribution >= 4 is 23.5 Å². The molecule has 1 aromatic rings. The molecular formula is C12H9N3O2S. The summed E-state index contributed by atoms with van der Waals surface area (Å²) in [7, 11) is 1.21. The summed E-state index contributed by atoms with van der Waals surface area (Å²) in [6, 6.07) is 7.15. The molecule has 0 atom stereocenters. The number of esters is 1. The van der Waals surface area contributed by atoms with Gasteiger partial charge in [-0.05, 0) is 17.5 Å². The number of nitrogens with zero attached hydrogens (tertiary/aromatic N) is 3. The van der Waals surface area contributed by atoms with E-state index < -0.39 is 11.5 Å². The fraction of sp³-hybridized carbons (Fsp3) is 0.167. The van der Waals surface area contributed by atoms with Crippen LogP contribution in [0.5, 0.6) is 0 Å². The van der Waals surface area contributed by atoms with Crippen LogP contribution in [0.2, 0.25) is 0 Å². The van der Waals surface area contributed by atoms with Crippen LogP contribution >= 0.6 is 11.3 Å². The zero-order chi connectivity index (χ0) is 13.4. The quantitative estimate of drug-likeness (QED) is 0.467. The van der Waals surface area contributed by atoms with E-state index in [0.717, 1.165) is 17.0 Å². The van der Waals surface area contributed by atoms with E-state index in [1.807, 2.05) is 11.4 Å². The number of ether oxygens (including phenoxy) is 1. The summed E-state index contributed by atoms with van der Waals surface area (Å²) in [5, 5.41) is 19.9. The predicted octanol–water partition coefficient (Wildman–Crippen LogP) is 1.68. The highest BCUT2D eigenvalue weighted by Crippen LogP contribution is 2.13. The third kappa shape index (κ3) is 3.55. The minimum absolute atomic E-state index is 0.642. The minimum atomic E-state index is -1.71. The molecule has 0 N–H and O–H groups in total. The average Bonchev–Trinajstić information content (AvgIpc) is 2.92. The van der Waals surface area contributed by atoms with Crippen LogP contribution in [0.3, 0.4) is 0 Å². The van der Waals surface area contributed by atoms with Gasteiger partial charge in [0.15, 0.2) is 0 Å². The van der Waals surface area contributed by atoms with Crippen molar-refractivity contribution in [1.82, 2.24) is 0 Å². The Morgan fingerprint density at radius 1 is 1.56 bits per heavy atom. The highest BCUT2D eigenvalue weighted by atomic mass is 32.1. The van der Waals surface area contributed by atoms with Crippen molar-refractivity contribution < 1.29 is 9.53 Å². The molecule has 0 saturated heterocycles. The molecule has 0 aliphatic heterocycles. The van der Waals surface area contributed by atoms with Gasteiger partial charge in [-0.2, -0.15) is 10.5 Å². The molecule has 0 spiro atoms. The molecule has 0 aliphatic carbocycles. The number of aliphatic imine (C=N–C) groups is 1. The lowest BCUT2D eigenvalue weighted by atomic mass is 10.0. The Morgan fingerprint density at radius 2 is 2.28 bits per heavy atom. The van der Waals surface area contributed by atoms with Crippen molar-refractivity contribution in [1.29, 1.82) is 10.5 Å². The second-order valence-electron chi connectivity index (χ2n) is 3.12. The fourth-order valence-corrected chi connectivity index (χ4v) is 1.57. The average molecular weight is 259 g/mol. The van der Waals surface area contributed by atoms with Gasteiger partial charge in [-0.15, -0.1) is 11.3 Å². The summed E-state index contributed by atoms with van der Waals surface area (Å²) in [4.78, 5) is 15.7. The van der Waals surface area contributed by atoms with Crippen molar-refractivity contribution in [2.45, 2.75) is 5.54 Å². The van der Waals surface area contributed by atoms with E-state index in [1.165, 1.54) is 24.7 Å². The number of hydrogen-bond acceptors (Lipinski definition) is 6. The van der Waals surface area contributed by atoms with Gasteiger partial charge in [-0.25, -0.2) is 4.79 Å². The first-order valence-corrected chi connectivity index (χ1v) is 5.72. The third-order valence-electron chi connectivity index (χ3n) is 1.94. The lowest BCUT2D eigenvalue weighted by molar-refractivity contribution is -0.134. The number of carbonyl (C=O) groups is 1. The minimum Gasteiger partial charge on any atom is -0.466 e. The number of hydrogen-bond donors (Lipinski definition) is 0. The van der Waals surface area contributed by atoms with Crippen LogP contribution in [-0.2, 0) is 9.53 Å². The zero-order valence-corrected chi connectivity index (χ0v) is 10.3. The normalized spacial score (nSPS) is 11.3. The second kappa shape index (κ2) is 6.33. The Balaban J connectivity index is 2.96. The standard InChI is InChI=1S/C12H9N3O2S/c1-17-11(16)4-5-12(8-13,9-14)15-7-10-3-2-6-18-10/h2-7H,1H3/b5-4+,15-7?. The summed E-state index contributed by atoms with van der Waals surface area (Å²) >= 11 is 1.43. The molecule has 0 radical (unpaired) electrons. The molecular weight excluding hydrogens is 250 g/mol. The van der Waals surface area contributed by atoms with Crippen LogP contribution in [0.1, 0.15) is 4.88 Å². The van der Waals surface area contributed by atoms with Crippen molar-refractivity contribution in [3.05, 3.63) is 34.5 Å². The maximum Gasteiger partial charge on any atom is 0.330 e. The topological polar surface area (TPSA) is 86.2 Å². The third-order valence-corrected chi connectivity index (χ3v) is 2.75. The molecule has 6 heteroatoms. The first-order chi connectivity index (χ1) is 8.65. The van der Waals surface area contributed by atoms with Crippen LogP contribution in [0, 0.1) is 22.7 Å². The number of nitriles is 2. The van der Waals surface area contributed by atoms with E-state index in [0.29, 0.717) is 0 Å². The number of methoxy groups -OCH3 is 1. The van der Waals surface area contributed by atoms with Gasteiger partial charge in [0.1, 0.15) is 12.1 Å². The molecule has 1 rings (SSSR count). The summed E-state index contributed by atoms with van der Waals surface area (Å²) < 4.78 is 4.39. The van der Waals surface area contributed by atoms with Crippen LogP contribution in [0.25, 0.3) is 0 Å². The predicted molar refractivity (Wildman–Crippen MR) is 67.0 cm³/mol. The molecule has 18 heavy (non-hydrogen) atoms. The van der Waals surface area contributed by atoms with E-state index >= 15 is 0 Å². The van der Waals surface area contributed by atoms with E-state index in [-0.39, 0.29) is 0 Å². The summed E-state index contributed by atoms with van der Waals surface area (Å²) in [6.07, 6.45) is 3.56. The number of thiophene rings is 1. The van der Waals surface area contributed by atoms with E-state index in [1.54, 1.807) is 18.2 Å². The van der Waals surface area contributed by atoms with Gasteiger partial charge in [0.25, 0.3) is 5.54 Å². The fourth-order valence-electron chi connectivity index (χ4n) is 0.987. The molecule has 0 aromatic carbocycles. The number of rotatable bonds is 4. The lowest BCUT2D eigenvalue weighted by Gasteiger charge is -2.06. The van der Waals surface area contributed by atoms with Gasteiger partial charge in [0.2, 0.25) is 0 Å². The lowest BCUT2D eigenvalue weighted by Crippen LogP contribution is -2.19. The molecule has 0 saturated carbocycles. The smallest absolute Gasteiger partial charge is 0.330 e. The van der Waals surface area contributed by atoms with Crippen molar-refractivity contribution in [2.75, 3.05) is 7.11 Å². The molecule has 0 amide bonds. The van der Waals surface area contributed by atoms with Crippen molar-refractivity contribution in [2.24, 2.45) is 4.99 Å². The van der Waals surface area contributed by atoms with Gasteiger partial charge >= 0.3 is 5.97 Å². The maximum absolute atomic E-state index is 10.9. The Morgan fingerprint density at radius 3 is 2.78 bits per heavy atom. The molecule has 90 valence electrons. The number of carbonyl (C=O) groups excluding carboxylic acids is 1. The molecule has 1 heterocycles. The largest absolute Gasteiger partial charge is 0.466 e. The highest BCUT2D eigenvalue weighted by molar-refractivity contribution is 7.11. The van der Waals surface area contributed by atoms with Crippen molar-refractivity contribution in [3.63, 3.8) is 0 Å². The summed E-state index contributed by atoms with van der Waals surface area (Å²) in [5.74, 6) is -0.642. The van der Waals surface area contributed by atoms with E-state index in [4.69, 9.17) is 10.5 Å². The highest BCUT2D eigenvalue weighted by Gasteiger charge is 2.25. The van der Waals surface area contributed by atoms with Gasteiger partial charge in [-0.1, -0.05) is 6.07 Å². The van der Waals surface area contributed by atoms with Gasteiger partial charge in [0, 0.05) is 17.2 Å². The van der Waals surface area contributed by atoms with E-state index in [9.17, 15) is 4.79 Å². The monoisotopic (exact) mass is 259 g/mol. The molecule has 0 bridgehead atoms. The molecule has 1 aromatic heterocycles. The van der Waals surface area contributed by atoms with Crippen LogP contribution < -0.4 is 0 Å². The van der Waals surface area contributed by atoms with Crippen molar-refractivity contribution in [3.8, 4) is 12.1 Å². The Kier molecular flexibility index (Phi) is 4.79. The summed E-state index contributed by atoms with van der Waals surface area (Å²) in [5.41, 5.74) is -1.71. The van der Waals surface area contributed by atoms with Crippen LogP contribution in [0.4, 0.5) is 0 Å². The Hall–Kier alpha value is -2.44. The molecule has 0 unspecified atom stereocenters. The first-order valence-electron chi connectivity index (χ1n) is 4.84. The van der Waals surface area contributed by atoms with Crippen LogP contribution in [0.15, 0.2) is 34.7 Å². The van der Waals surface area contributed by atoms with Crippen LogP contribution in [-0.4, -0.2) is 24.8 Å².